The van der Waals surface area contributed by atoms with Gasteiger partial charge >= 0.3 is 0 Å². The minimum atomic E-state index is -0.200. The van der Waals surface area contributed by atoms with Crippen LogP contribution in [0.4, 0.5) is 0 Å². The molecule has 1 aromatic heterocycles. The highest BCUT2D eigenvalue weighted by Crippen LogP contribution is 2.34. The molecule has 1 aliphatic rings. The van der Waals surface area contributed by atoms with Crippen molar-refractivity contribution in [3.63, 3.8) is 0 Å². The van der Waals surface area contributed by atoms with Crippen LogP contribution >= 0.6 is 22.9 Å². The van der Waals surface area contributed by atoms with E-state index in [1.165, 1.54) is 16.9 Å². The van der Waals surface area contributed by atoms with Crippen molar-refractivity contribution < 1.29 is 4.79 Å². The molecular weight excluding hydrogens is 378 g/mol. The lowest BCUT2D eigenvalue weighted by atomic mass is 10.1. The lowest BCUT2D eigenvalue weighted by Gasteiger charge is -2.26. The fraction of sp³-hybridized carbons (Fsp3) is 0.190. The van der Waals surface area contributed by atoms with Crippen LogP contribution in [0.3, 0.4) is 0 Å². The van der Waals surface area contributed by atoms with Gasteiger partial charge in [-0.25, -0.2) is 0 Å². The van der Waals surface area contributed by atoms with Gasteiger partial charge in [-0.05, 0) is 17.7 Å². The Morgan fingerprint density at radius 1 is 1.11 bits per heavy atom. The van der Waals surface area contributed by atoms with Crippen LogP contribution in [-0.4, -0.2) is 23.9 Å². The van der Waals surface area contributed by atoms with E-state index in [1.807, 2.05) is 30.3 Å². The molecule has 0 unspecified atom stereocenters. The molecule has 0 saturated heterocycles. The maximum absolute atomic E-state index is 12.5. The summed E-state index contributed by atoms with van der Waals surface area (Å²) in [4.78, 5) is 15.4. The van der Waals surface area contributed by atoms with E-state index in [0.29, 0.717) is 9.90 Å². The molecule has 0 bridgehead atoms. The second-order valence-corrected chi connectivity index (χ2v) is 7.95. The fourth-order valence-corrected chi connectivity index (χ4v) is 4.58. The molecule has 0 saturated carbocycles. The summed E-state index contributed by atoms with van der Waals surface area (Å²) in [7, 11) is 0. The number of halogens is 1. The summed E-state index contributed by atoms with van der Waals surface area (Å²) in [5, 5.41) is 1.43. The second kappa shape index (κ2) is 8.13. The lowest BCUT2D eigenvalue weighted by Crippen LogP contribution is -2.40. The second-order valence-electron chi connectivity index (χ2n) is 6.52. The van der Waals surface area contributed by atoms with Gasteiger partial charge in [0.2, 0.25) is 0 Å². The highest BCUT2D eigenvalue weighted by atomic mass is 35.5. The van der Waals surface area contributed by atoms with Gasteiger partial charge in [-0.15, -0.1) is 11.3 Å². The standard InChI is InChI=1S/C21H20ClN3OS/c22-19-17-8-4-5-9-18(17)27-20(19)21(26)24-23-16-10-12-25(13-11-16)14-15-6-2-1-3-7-15/h1-10,23H,11-14H2,(H,24,26). The van der Waals surface area contributed by atoms with Crippen LogP contribution in [0.1, 0.15) is 21.7 Å². The third-order valence-electron chi connectivity index (χ3n) is 4.62. The maximum atomic E-state index is 12.5. The average Bonchev–Trinajstić information content (AvgIpc) is 3.05. The molecule has 138 valence electrons. The Balaban J connectivity index is 1.33. The minimum Gasteiger partial charge on any atom is -0.303 e. The van der Waals surface area contributed by atoms with E-state index in [1.54, 1.807) is 0 Å². The van der Waals surface area contributed by atoms with Gasteiger partial charge in [0.25, 0.3) is 5.91 Å². The van der Waals surface area contributed by atoms with E-state index in [0.717, 1.165) is 41.8 Å². The molecule has 4 rings (SSSR count). The summed E-state index contributed by atoms with van der Waals surface area (Å²) in [6, 6.07) is 18.2. The molecule has 3 aromatic rings. The molecular formula is C21H20ClN3OS. The van der Waals surface area contributed by atoms with Crippen molar-refractivity contribution in [1.29, 1.82) is 0 Å². The Morgan fingerprint density at radius 2 is 1.89 bits per heavy atom. The van der Waals surface area contributed by atoms with Crippen LogP contribution in [-0.2, 0) is 6.54 Å². The summed E-state index contributed by atoms with van der Waals surface area (Å²) in [6.07, 6.45) is 2.99. The number of carbonyl (C=O) groups excluding carboxylic acids is 1. The number of amides is 1. The average molecular weight is 398 g/mol. The molecule has 6 heteroatoms. The summed E-state index contributed by atoms with van der Waals surface area (Å²) >= 11 is 7.78. The Labute approximate surface area is 167 Å². The molecule has 27 heavy (non-hydrogen) atoms. The maximum Gasteiger partial charge on any atom is 0.281 e. The molecule has 1 aliphatic heterocycles. The zero-order chi connectivity index (χ0) is 18.6. The Hall–Kier alpha value is -2.34. The largest absolute Gasteiger partial charge is 0.303 e. The molecule has 0 fully saturated rings. The van der Waals surface area contributed by atoms with Crippen molar-refractivity contribution in [2.24, 2.45) is 0 Å². The third-order valence-corrected chi connectivity index (χ3v) is 6.29. The first-order valence-corrected chi connectivity index (χ1v) is 10.1. The summed E-state index contributed by atoms with van der Waals surface area (Å²) in [5.41, 5.74) is 8.19. The smallest absolute Gasteiger partial charge is 0.281 e. The van der Waals surface area contributed by atoms with Crippen LogP contribution in [0.15, 0.2) is 66.4 Å². The summed E-state index contributed by atoms with van der Waals surface area (Å²) < 4.78 is 1.01. The number of nitrogens with zero attached hydrogens (tertiary/aromatic N) is 1. The number of nitrogens with one attached hydrogen (secondary N) is 2. The number of carbonyl (C=O) groups is 1. The van der Waals surface area contributed by atoms with Crippen molar-refractivity contribution in [3.05, 3.63) is 81.8 Å². The predicted octanol–water partition coefficient (Wildman–Crippen LogP) is 4.58. The molecule has 4 nitrogen and oxygen atoms in total. The minimum absolute atomic E-state index is 0.200. The first-order valence-electron chi connectivity index (χ1n) is 8.89. The van der Waals surface area contributed by atoms with Crippen molar-refractivity contribution in [1.82, 2.24) is 15.8 Å². The van der Waals surface area contributed by atoms with Gasteiger partial charge in [0.1, 0.15) is 4.88 Å². The van der Waals surface area contributed by atoms with E-state index >= 15 is 0 Å². The fourth-order valence-electron chi connectivity index (χ4n) is 3.16. The normalized spacial score (nSPS) is 14.8. The molecule has 0 radical (unpaired) electrons. The van der Waals surface area contributed by atoms with Crippen molar-refractivity contribution in [2.75, 3.05) is 13.1 Å². The Morgan fingerprint density at radius 3 is 2.63 bits per heavy atom. The van der Waals surface area contributed by atoms with Gasteiger partial charge in [0.05, 0.1) is 5.02 Å². The highest BCUT2D eigenvalue weighted by molar-refractivity contribution is 7.21. The SMILES string of the molecule is O=C(NNC1=CCN(Cc2ccccc2)CC1)c1sc2ccccc2c1Cl. The molecule has 1 amide bonds. The van der Waals surface area contributed by atoms with Gasteiger partial charge in [-0.2, -0.15) is 0 Å². The number of hydrogen-bond acceptors (Lipinski definition) is 4. The molecule has 2 N–H and O–H groups in total. The van der Waals surface area contributed by atoms with Gasteiger partial charge in [0.15, 0.2) is 0 Å². The van der Waals surface area contributed by atoms with Crippen LogP contribution < -0.4 is 10.9 Å². The van der Waals surface area contributed by atoms with Crippen molar-refractivity contribution >= 4 is 38.9 Å². The zero-order valence-electron chi connectivity index (χ0n) is 14.7. The van der Waals surface area contributed by atoms with E-state index in [4.69, 9.17) is 11.6 Å². The van der Waals surface area contributed by atoms with Crippen molar-refractivity contribution in [2.45, 2.75) is 13.0 Å². The van der Waals surface area contributed by atoms with E-state index in [-0.39, 0.29) is 5.91 Å². The quantitative estimate of drug-likeness (QED) is 0.619. The highest BCUT2D eigenvalue weighted by Gasteiger charge is 2.18. The van der Waals surface area contributed by atoms with Gasteiger partial charge in [-0.3, -0.25) is 15.1 Å². The van der Waals surface area contributed by atoms with Gasteiger partial charge in [-0.1, -0.05) is 60.1 Å². The van der Waals surface area contributed by atoms with Crippen molar-refractivity contribution in [3.8, 4) is 0 Å². The van der Waals surface area contributed by atoms with Crippen LogP contribution in [0, 0.1) is 0 Å². The monoisotopic (exact) mass is 397 g/mol. The Kier molecular flexibility index (Phi) is 5.43. The zero-order valence-corrected chi connectivity index (χ0v) is 16.3. The Bertz CT molecular complexity index is 984. The molecule has 2 heterocycles. The molecule has 2 aromatic carbocycles. The number of benzene rings is 2. The number of hydrogen-bond donors (Lipinski definition) is 2. The number of thiophene rings is 1. The van der Waals surface area contributed by atoms with Crippen LogP contribution in [0.5, 0.6) is 0 Å². The molecule has 0 spiro atoms. The van der Waals surface area contributed by atoms with Gasteiger partial charge in [0, 0.05) is 41.8 Å². The number of fused-ring (bicyclic) bond motifs is 1. The van der Waals surface area contributed by atoms with E-state index in [9.17, 15) is 4.79 Å². The van der Waals surface area contributed by atoms with Gasteiger partial charge < -0.3 is 5.43 Å². The predicted molar refractivity (Wildman–Crippen MR) is 112 cm³/mol. The topological polar surface area (TPSA) is 44.4 Å². The molecule has 0 atom stereocenters. The third kappa shape index (κ3) is 4.16. The summed E-state index contributed by atoms with van der Waals surface area (Å²) in [6.45, 7) is 2.75. The number of hydrazine groups is 1. The van der Waals surface area contributed by atoms with Crippen LogP contribution in [0.25, 0.3) is 10.1 Å². The first kappa shape index (κ1) is 18.0. The van der Waals surface area contributed by atoms with E-state index < -0.39 is 0 Å². The summed E-state index contributed by atoms with van der Waals surface area (Å²) in [5.74, 6) is -0.200. The van der Waals surface area contributed by atoms with Crippen LogP contribution in [0.2, 0.25) is 5.02 Å². The first-order chi connectivity index (χ1) is 13.2. The molecule has 0 aliphatic carbocycles. The number of rotatable bonds is 5. The van der Waals surface area contributed by atoms with E-state index in [2.05, 4.69) is 46.1 Å². The lowest BCUT2D eigenvalue weighted by molar-refractivity contribution is 0.0941.